The molecule has 0 spiro atoms. The lowest BCUT2D eigenvalue weighted by Crippen LogP contribution is -2.18. The number of aromatic amines is 1. The Bertz CT molecular complexity index is 525. The lowest BCUT2D eigenvalue weighted by atomic mass is 9.96. The first-order valence-corrected chi connectivity index (χ1v) is 5.33. The highest BCUT2D eigenvalue weighted by molar-refractivity contribution is 5.92. The number of aromatic nitrogens is 4. The van der Waals surface area contributed by atoms with Gasteiger partial charge in [0.05, 0.1) is 18.2 Å². The zero-order valence-corrected chi connectivity index (χ0v) is 9.83. The molecule has 0 radical (unpaired) electrons. The Morgan fingerprint density at radius 1 is 1.61 bits per heavy atom. The molecule has 7 heteroatoms. The van der Waals surface area contributed by atoms with Crippen molar-refractivity contribution in [1.29, 1.82) is 0 Å². The van der Waals surface area contributed by atoms with Crippen LogP contribution in [0.1, 0.15) is 27.7 Å². The molecular formula is C11H13N5O2. The van der Waals surface area contributed by atoms with Crippen molar-refractivity contribution >= 4 is 5.91 Å². The number of nitrogens with zero attached hydrogens (tertiary/aromatic N) is 3. The summed E-state index contributed by atoms with van der Waals surface area (Å²) in [5.41, 5.74) is 6.81. The molecule has 0 aliphatic heterocycles. The number of H-pyrrole nitrogens is 1. The van der Waals surface area contributed by atoms with Crippen LogP contribution in [0.5, 0.6) is 0 Å². The molecule has 1 unspecified atom stereocenters. The van der Waals surface area contributed by atoms with Crippen LogP contribution in [0.15, 0.2) is 24.5 Å². The predicted molar refractivity (Wildman–Crippen MR) is 62.9 cm³/mol. The van der Waals surface area contributed by atoms with Crippen molar-refractivity contribution < 1.29 is 9.53 Å². The van der Waals surface area contributed by atoms with Gasteiger partial charge >= 0.3 is 0 Å². The van der Waals surface area contributed by atoms with E-state index in [1.54, 1.807) is 19.5 Å². The van der Waals surface area contributed by atoms with E-state index in [0.717, 1.165) is 5.56 Å². The topological polar surface area (TPSA) is 107 Å². The third-order valence-corrected chi connectivity index (χ3v) is 2.58. The first-order valence-electron chi connectivity index (χ1n) is 5.33. The summed E-state index contributed by atoms with van der Waals surface area (Å²) in [5.74, 6) is -0.829. The highest BCUT2D eigenvalue weighted by Gasteiger charge is 2.23. The van der Waals surface area contributed by atoms with Gasteiger partial charge < -0.3 is 10.5 Å². The molecule has 0 saturated heterocycles. The molecule has 2 heterocycles. The molecule has 0 aromatic carbocycles. The van der Waals surface area contributed by atoms with E-state index in [1.807, 2.05) is 12.1 Å². The zero-order valence-electron chi connectivity index (χ0n) is 9.83. The SMILES string of the molecule is COCC(c1cccnc1)c1[nH]nnc1C(N)=O. The van der Waals surface area contributed by atoms with Gasteiger partial charge in [-0.05, 0) is 11.6 Å². The number of carbonyl (C=O) groups excluding carboxylic acids is 1. The standard InChI is InChI=1S/C11H13N5O2/c1-18-6-8(7-3-2-4-13-5-7)9-10(11(12)17)15-16-14-9/h2-5,8H,6H2,1H3,(H2,12,17)(H,14,15,16). The monoisotopic (exact) mass is 247 g/mol. The van der Waals surface area contributed by atoms with Crippen LogP contribution in [0.2, 0.25) is 0 Å². The molecule has 2 aromatic heterocycles. The van der Waals surface area contributed by atoms with Crippen molar-refractivity contribution in [2.45, 2.75) is 5.92 Å². The van der Waals surface area contributed by atoms with Gasteiger partial charge in [0.15, 0.2) is 5.69 Å². The molecule has 7 nitrogen and oxygen atoms in total. The number of nitrogens with two attached hydrogens (primary N) is 1. The van der Waals surface area contributed by atoms with Gasteiger partial charge in [-0.1, -0.05) is 11.3 Å². The fourth-order valence-corrected chi connectivity index (χ4v) is 1.76. The van der Waals surface area contributed by atoms with E-state index in [4.69, 9.17) is 10.5 Å². The molecule has 0 bridgehead atoms. The van der Waals surface area contributed by atoms with E-state index in [1.165, 1.54) is 0 Å². The summed E-state index contributed by atoms with van der Waals surface area (Å²) in [7, 11) is 1.58. The molecule has 2 aromatic rings. The molecule has 18 heavy (non-hydrogen) atoms. The van der Waals surface area contributed by atoms with E-state index >= 15 is 0 Å². The third-order valence-electron chi connectivity index (χ3n) is 2.58. The number of amides is 1. The summed E-state index contributed by atoms with van der Waals surface area (Å²) in [6.45, 7) is 0.371. The average molecular weight is 247 g/mol. The minimum Gasteiger partial charge on any atom is -0.384 e. The molecule has 0 aliphatic carbocycles. The number of pyridine rings is 1. The van der Waals surface area contributed by atoms with Crippen molar-refractivity contribution in [2.24, 2.45) is 5.73 Å². The normalized spacial score (nSPS) is 12.3. The molecule has 0 saturated carbocycles. The van der Waals surface area contributed by atoms with Gasteiger partial charge in [0.25, 0.3) is 5.91 Å². The van der Waals surface area contributed by atoms with Crippen LogP contribution in [0.4, 0.5) is 0 Å². The summed E-state index contributed by atoms with van der Waals surface area (Å²) in [5, 5.41) is 10.0. The first-order chi connectivity index (χ1) is 8.74. The molecule has 94 valence electrons. The van der Waals surface area contributed by atoms with Crippen molar-refractivity contribution in [3.8, 4) is 0 Å². The Morgan fingerprint density at radius 3 is 3.06 bits per heavy atom. The van der Waals surface area contributed by atoms with Crippen LogP contribution < -0.4 is 5.73 Å². The summed E-state index contributed by atoms with van der Waals surface area (Å²) >= 11 is 0. The number of ether oxygens (including phenoxy) is 1. The lowest BCUT2D eigenvalue weighted by molar-refractivity contribution is 0.0993. The Morgan fingerprint density at radius 2 is 2.44 bits per heavy atom. The van der Waals surface area contributed by atoms with Crippen LogP contribution in [-0.2, 0) is 4.74 Å². The Hall–Kier alpha value is -2.28. The highest BCUT2D eigenvalue weighted by Crippen LogP contribution is 2.24. The maximum atomic E-state index is 11.3. The van der Waals surface area contributed by atoms with Crippen LogP contribution in [0, 0.1) is 0 Å². The minimum absolute atomic E-state index is 0.126. The van der Waals surface area contributed by atoms with Crippen LogP contribution >= 0.6 is 0 Å². The van der Waals surface area contributed by atoms with Gasteiger partial charge in [0.2, 0.25) is 0 Å². The van der Waals surface area contributed by atoms with Crippen LogP contribution in [0.25, 0.3) is 0 Å². The summed E-state index contributed by atoms with van der Waals surface area (Å²) in [6.07, 6.45) is 3.38. The molecular weight excluding hydrogens is 234 g/mol. The van der Waals surface area contributed by atoms with Crippen LogP contribution in [0.3, 0.4) is 0 Å². The Labute approximate surface area is 103 Å². The molecule has 0 fully saturated rings. The average Bonchev–Trinajstić information content (AvgIpc) is 2.86. The highest BCUT2D eigenvalue weighted by atomic mass is 16.5. The zero-order chi connectivity index (χ0) is 13.0. The molecule has 3 N–H and O–H groups in total. The summed E-state index contributed by atoms with van der Waals surface area (Å²) in [6, 6.07) is 3.70. The Kier molecular flexibility index (Phi) is 3.63. The van der Waals surface area contributed by atoms with E-state index in [2.05, 4.69) is 20.4 Å². The van der Waals surface area contributed by atoms with Gasteiger partial charge in [-0.2, -0.15) is 0 Å². The number of hydrogen-bond donors (Lipinski definition) is 2. The van der Waals surface area contributed by atoms with Crippen molar-refractivity contribution in [2.75, 3.05) is 13.7 Å². The molecule has 0 aliphatic rings. The largest absolute Gasteiger partial charge is 0.384 e. The minimum atomic E-state index is -0.622. The van der Waals surface area contributed by atoms with E-state index in [0.29, 0.717) is 12.3 Å². The second-order valence-electron chi connectivity index (χ2n) is 3.73. The van der Waals surface area contributed by atoms with Gasteiger partial charge in [0.1, 0.15) is 0 Å². The number of nitrogens with one attached hydrogen (secondary N) is 1. The van der Waals surface area contributed by atoms with Gasteiger partial charge in [-0.15, -0.1) is 5.10 Å². The maximum absolute atomic E-state index is 11.3. The number of hydrogen-bond acceptors (Lipinski definition) is 5. The van der Waals surface area contributed by atoms with E-state index < -0.39 is 5.91 Å². The third kappa shape index (κ3) is 2.35. The van der Waals surface area contributed by atoms with Gasteiger partial charge in [0, 0.05) is 19.5 Å². The molecule has 1 atom stereocenters. The quantitative estimate of drug-likeness (QED) is 0.777. The molecule has 2 rings (SSSR count). The second-order valence-corrected chi connectivity index (χ2v) is 3.73. The summed E-state index contributed by atoms with van der Waals surface area (Å²) in [4.78, 5) is 15.3. The fourth-order valence-electron chi connectivity index (χ4n) is 1.76. The number of primary amides is 1. The Balaban J connectivity index is 2.42. The van der Waals surface area contributed by atoms with E-state index in [-0.39, 0.29) is 11.6 Å². The lowest BCUT2D eigenvalue weighted by Gasteiger charge is -2.14. The predicted octanol–water partition coefficient (Wildman–Crippen LogP) is 0.0769. The number of rotatable bonds is 5. The van der Waals surface area contributed by atoms with Crippen molar-refractivity contribution in [3.05, 3.63) is 41.5 Å². The fraction of sp³-hybridized carbons (Fsp3) is 0.273. The van der Waals surface area contributed by atoms with Gasteiger partial charge in [-0.3, -0.25) is 14.9 Å². The first kappa shape index (κ1) is 12.2. The van der Waals surface area contributed by atoms with Gasteiger partial charge in [-0.25, -0.2) is 0 Å². The van der Waals surface area contributed by atoms with E-state index in [9.17, 15) is 4.79 Å². The number of methoxy groups -OCH3 is 1. The van der Waals surface area contributed by atoms with Crippen molar-refractivity contribution in [3.63, 3.8) is 0 Å². The maximum Gasteiger partial charge on any atom is 0.271 e. The van der Waals surface area contributed by atoms with Crippen molar-refractivity contribution in [1.82, 2.24) is 20.4 Å². The van der Waals surface area contributed by atoms with Crippen LogP contribution in [-0.4, -0.2) is 40.0 Å². The smallest absolute Gasteiger partial charge is 0.271 e. The second kappa shape index (κ2) is 5.37. The molecule has 1 amide bonds. The summed E-state index contributed by atoms with van der Waals surface area (Å²) < 4.78 is 5.16. The number of carbonyl (C=O) groups is 1.